The Balaban J connectivity index is 2.24. The average Bonchev–Trinajstić information content (AvgIpc) is 2.37. The highest BCUT2D eigenvalue weighted by Crippen LogP contribution is 2.42. The molecule has 1 aromatic heterocycles. The summed E-state index contributed by atoms with van der Waals surface area (Å²) < 4.78 is 63.5. The lowest BCUT2D eigenvalue weighted by Crippen LogP contribution is -2.36. The predicted molar refractivity (Wildman–Crippen MR) is 64.7 cm³/mol. The van der Waals surface area contributed by atoms with Crippen LogP contribution in [0.4, 0.5) is 33.8 Å². The third-order valence-corrected chi connectivity index (χ3v) is 3.23. The Bertz CT molecular complexity index is 498. The van der Waals surface area contributed by atoms with Crippen molar-refractivity contribution in [3.8, 4) is 0 Å². The summed E-state index contributed by atoms with van der Waals surface area (Å²) in [5.41, 5.74) is 5.20. The molecule has 1 heterocycles. The fourth-order valence-corrected chi connectivity index (χ4v) is 2.15. The van der Waals surface area contributed by atoms with Gasteiger partial charge in [-0.05, 0) is 12.8 Å². The van der Waals surface area contributed by atoms with E-state index < -0.39 is 23.9 Å². The normalized spacial score (nSPS) is 17.8. The van der Waals surface area contributed by atoms with Gasteiger partial charge in [-0.3, -0.25) is 0 Å². The zero-order valence-corrected chi connectivity index (χ0v) is 10.9. The van der Waals surface area contributed by atoms with Gasteiger partial charge in [0.25, 0.3) is 0 Å². The summed E-state index contributed by atoms with van der Waals surface area (Å²) in [6.07, 6.45) is -1.28. The molecule has 0 amide bonds. The number of hydrogen-bond acceptors (Lipinski definition) is 5. The van der Waals surface area contributed by atoms with Gasteiger partial charge in [0.15, 0.2) is 0 Å². The zero-order valence-electron chi connectivity index (χ0n) is 10.9. The van der Waals surface area contributed by atoms with Crippen LogP contribution >= 0.6 is 0 Å². The van der Waals surface area contributed by atoms with Gasteiger partial charge < -0.3 is 11.1 Å². The first kappa shape index (κ1) is 15.6. The lowest BCUT2D eigenvalue weighted by molar-refractivity contribution is -0.292. The first-order valence-electron chi connectivity index (χ1n) is 6.43. The van der Waals surface area contributed by atoms with Gasteiger partial charge in [0, 0.05) is 6.04 Å². The van der Waals surface area contributed by atoms with Crippen LogP contribution in [0.5, 0.6) is 0 Å². The molecular formula is C11H14F5N5. The standard InChI is InChI=1S/C11H14F5N5/c12-10(13,11(14,15)16)7-19-8(17)21-9(20-7)18-6-4-2-1-3-5-6/h6H,1-5H2,(H3,17,18,19,20,21). The smallest absolute Gasteiger partial charge is 0.368 e. The van der Waals surface area contributed by atoms with Crippen LogP contribution in [0, 0.1) is 0 Å². The lowest BCUT2D eigenvalue weighted by atomic mass is 9.96. The van der Waals surface area contributed by atoms with Crippen LogP contribution in [-0.4, -0.2) is 27.2 Å². The summed E-state index contributed by atoms with van der Waals surface area (Å²) in [6, 6.07) is -0.0621. The highest BCUT2D eigenvalue weighted by molar-refractivity contribution is 5.33. The predicted octanol–water partition coefficient (Wildman–Crippen LogP) is 2.85. The molecule has 118 valence electrons. The maximum atomic E-state index is 13.2. The molecule has 21 heavy (non-hydrogen) atoms. The van der Waals surface area contributed by atoms with E-state index in [9.17, 15) is 22.0 Å². The first-order valence-corrected chi connectivity index (χ1v) is 6.43. The molecule has 1 fully saturated rings. The molecule has 1 aromatic rings. The quantitative estimate of drug-likeness (QED) is 0.839. The third-order valence-electron chi connectivity index (χ3n) is 3.23. The van der Waals surface area contributed by atoms with Crippen LogP contribution in [0.3, 0.4) is 0 Å². The van der Waals surface area contributed by atoms with Crippen molar-refractivity contribution in [1.29, 1.82) is 0 Å². The molecule has 3 N–H and O–H groups in total. The van der Waals surface area contributed by atoms with Gasteiger partial charge >= 0.3 is 12.1 Å². The number of hydrogen-bond donors (Lipinski definition) is 2. The molecule has 0 bridgehead atoms. The van der Waals surface area contributed by atoms with Gasteiger partial charge in [-0.1, -0.05) is 19.3 Å². The maximum absolute atomic E-state index is 13.2. The van der Waals surface area contributed by atoms with Crippen LogP contribution in [0.1, 0.15) is 37.9 Å². The van der Waals surface area contributed by atoms with Crippen molar-refractivity contribution in [3.63, 3.8) is 0 Å². The SMILES string of the molecule is Nc1nc(NC2CCCCC2)nc(C(F)(F)C(F)(F)F)n1. The Morgan fingerprint density at radius 2 is 1.57 bits per heavy atom. The van der Waals surface area contributed by atoms with Crippen molar-refractivity contribution in [2.75, 3.05) is 11.1 Å². The minimum Gasteiger partial charge on any atom is -0.368 e. The van der Waals surface area contributed by atoms with Crippen molar-refractivity contribution in [3.05, 3.63) is 5.82 Å². The molecule has 0 saturated heterocycles. The minimum absolute atomic E-state index is 0.0621. The molecule has 0 unspecified atom stereocenters. The van der Waals surface area contributed by atoms with Gasteiger partial charge in [-0.25, -0.2) is 0 Å². The van der Waals surface area contributed by atoms with E-state index in [0.29, 0.717) is 0 Å². The van der Waals surface area contributed by atoms with E-state index in [4.69, 9.17) is 5.73 Å². The van der Waals surface area contributed by atoms with Gasteiger partial charge in [0.2, 0.25) is 17.7 Å². The molecule has 1 saturated carbocycles. The Morgan fingerprint density at radius 3 is 2.14 bits per heavy atom. The molecule has 0 atom stereocenters. The number of nitrogens with two attached hydrogens (primary N) is 1. The molecule has 10 heteroatoms. The summed E-state index contributed by atoms with van der Waals surface area (Å²) >= 11 is 0. The summed E-state index contributed by atoms with van der Waals surface area (Å²) in [7, 11) is 0. The fourth-order valence-electron chi connectivity index (χ4n) is 2.15. The highest BCUT2D eigenvalue weighted by Gasteiger charge is 2.61. The minimum atomic E-state index is -5.79. The molecule has 5 nitrogen and oxygen atoms in total. The Labute approximate surface area is 117 Å². The van der Waals surface area contributed by atoms with Crippen molar-refractivity contribution in [2.45, 2.75) is 50.2 Å². The largest absolute Gasteiger partial charge is 0.461 e. The van der Waals surface area contributed by atoms with E-state index in [2.05, 4.69) is 20.3 Å². The second kappa shape index (κ2) is 5.57. The average molecular weight is 311 g/mol. The summed E-state index contributed by atoms with van der Waals surface area (Å²) in [5.74, 6) is -7.90. The molecular weight excluding hydrogens is 297 g/mol. The van der Waals surface area contributed by atoms with Crippen molar-refractivity contribution in [1.82, 2.24) is 15.0 Å². The van der Waals surface area contributed by atoms with Crippen molar-refractivity contribution < 1.29 is 22.0 Å². The van der Waals surface area contributed by atoms with Gasteiger partial charge in [-0.15, -0.1) is 0 Å². The summed E-state index contributed by atoms with van der Waals surface area (Å²) in [6.45, 7) is 0. The topological polar surface area (TPSA) is 76.7 Å². The zero-order chi connectivity index (χ0) is 15.7. The van der Waals surface area contributed by atoms with E-state index >= 15 is 0 Å². The van der Waals surface area contributed by atoms with Gasteiger partial charge in [-0.2, -0.15) is 36.9 Å². The molecule has 1 aliphatic carbocycles. The van der Waals surface area contributed by atoms with Crippen molar-refractivity contribution in [2.24, 2.45) is 0 Å². The van der Waals surface area contributed by atoms with Crippen LogP contribution in [-0.2, 0) is 5.92 Å². The number of aromatic nitrogens is 3. The van der Waals surface area contributed by atoms with E-state index in [-0.39, 0.29) is 12.0 Å². The Kier molecular flexibility index (Phi) is 4.15. The lowest BCUT2D eigenvalue weighted by Gasteiger charge is -2.23. The maximum Gasteiger partial charge on any atom is 0.461 e. The highest BCUT2D eigenvalue weighted by atomic mass is 19.4. The molecule has 0 radical (unpaired) electrons. The molecule has 0 aliphatic heterocycles. The van der Waals surface area contributed by atoms with Crippen LogP contribution < -0.4 is 11.1 Å². The number of rotatable bonds is 3. The number of alkyl halides is 5. The van der Waals surface area contributed by atoms with Gasteiger partial charge in [0.1, 0.15) is 0 Å². The van der Waals surface area contributed by atoms with E-state index in [1.54, 1.807) is 0 Å². The van der Waals surface area contributed by atoms with Crippen LogP contribution in [0.25, 0.3) is 0 Å². The number of nitrogen functional groups attached to an aromatic ring is 1. The monoisotopic (exact) mass is 311 g/mol. The van der Waals surface area contributed by atoms with E-state index in [0.717, 1.165) is 32.1 Å². The van der Waals surface area contributed by atoms with Crippen LogP contribution in [0.15, 0.2) is 0 Å². The second-order valence-corrected chi connectivity index (χ2v) is 4.89. The Morgan fingerprint density at radius 1 is 0.952 bits per heavy atom. The van der Waals surface area contributed by atoms with E-state index in [1.807, 2.05) is 0 Å². The van der Waals surface area contributed by atoms with Crippen molar-refractivity contribution >= 4 is 11.9 Å². The first-order chi connectivity index (χ1) is 9.70. The third kappa shape index (κ3) is 3.48. The second-order valence-electron chi connectivity index (χ2n) is 4.89. The van der Waals surface area contributed by atoms with Gasteiger partial charge in [0.05, 0.1) is 0 Å². The number of nitrogens with one attached hydrogen (secondary N) is 1. The molecule has 0 aromatic carbocycles. The molecule has 1 aliphatic rings. The van der Waals surface area contributed by atoms with Crippen LogP contribution in [0.2, 0.25) is 0 Å². The molecule has 0 spiro atoms. The number of anilines is 2. The number of nitrogens with zero attached hydrogens (tertiary/aromatic N) is 3. The Hall–Kier alpha value is -1.74. The van der Waals surface area contributed by atoms with E-state index in [1.165, 1.54) is 0 Å². The summed E-state index contributed by atoms with van der Waals surface area (Å²) in [5, 5.41) is 2.74. The summed E-state index contributed by atoms with van der Waals surface area (Å²) in [4.78, 5) is 9.66. The number of halogens is 5. The molecule has 2 rings (SSSR count). The fraction of sp³-hybridized carbons (Fsp3) is 0.727.